The van der Waals surface area contributed by atoms with Crippen molar-refractivity contribution in [3.05, 3.63) is 306 Å². The Morgan fingerprint density at radius 1 is 0.469 bits per heavy atom. The molecule has 1 atom stereocenters. The van der Waals surface area contributed by atoms with Crippen LogP contribution in [-0.2, 0) is 6.42 Å². The first-order valence-corrected chi connectivity index (χ1v) is 28.6. The Bertz CT molecular complexity index is 4640. The van der Waals surface area contributed by atoms with E-state index in [4.69, 9.17) is 18.2 Å². The lowest BCUT2D eigenvalue weighted by Crippen LogP contribution is -2.08. The SMILES string of the molecule is C=C1c2cccc(C(CC)=N/C(=C(/C)C(=C)C3CCc4c(ccc5c6cccc7c6n(c45)-c4ccccc4-c4ccccc4-7)-c4ccccc43)c3ccc(-c4ccccc4)cc3)c2-c2c1cccc2-c1cccc(-c2ccccc2)c1. The van der Waals surface area contributed by atoms with Gasteiger partial charge in [-0.15, -0.1) is 0 Å². The Morgan fingerprint density at radius 2 is 1.02 bits per heavy atom. The number of aliphatic imine (C=N–C) groups is 1. The van der Waals surface area contributed by atoms with E-state index in [2.05, 4.69) is 267 Å². The summed E-state index contributed by atoms with van der Waals surface area (Å²) in [5.74, 6) is 0.0218. The minimum atomic E-state index is 0.0218. The third kappa shape index (κ3) is 7.73. The van der Waals surface area contributed by atoms with E-state index in [1.807, 2.05) is 0 Å². The Labute approximate surface area is 474 Å². The predicted octanol–water partition coefficient (Wildman–Crippen LogP) is 21.1. The van der Waals surface area contributed by atoms with Crippen molar-refractivity contribution in [2.75, 3.05) is 0 Å². The van der Waals surface area contributed by atoms with Crippen molar-refractivity contribution in [3.8, 4) is 83.6 Å². The summed E-state index contributed by atoms with van der Waals surface area (Å²) in [7, 11) is 0. The van der Waals surface area contributed by atoms with Crippen LogP contribution in [0, 0.1) is 0 Å². The third-order valence-electron chi connectivity index (χ3n) is 17.7. The van der Waals surface area contributed by atoms with Gasteiger partial charge in [0.25, 0.3) is 0 Å². The van der Waals surface area contributed by atoms with Gasteiger partial charge in [0.2, 0.25) is 0 Å². The molecule has 0 saturated heterocycles. The van der Waals surface area contributed by atoms with Gasteiger partial charge in [-0.25, -0.2) is 0 Å². The van der Waals surface area contributed by atoms with Gasteiger partial charge in [-0.2, -0.15) is 0 Å². The van der Waals surface area contributed by atoms with Crippen LogP contribution in [0.1, 0.15) is 66.0 Å². The molecule has 0 amide bonds. The molecule has 0 fully saturated rings. The first kappa shape index (κ1) is 48.3. The van der Waals surface area contributed by atoms with Gasteiger partial charge in [0.15, 0.2) is 0 Å². The number of allylic oxidation sites excluding steroid dienone is 2. The molecule has 0 bridgehead atoms. The molecular formula is C79H58N2. The maximum Gasteiger partial charge on any atom is 0.0737 e. The van der Waals surface area contributed by atoms with Crippen molar-refractivity contribution in [3.63, 3.8) is 0 Å². The van der Waals surface area contributed by atoms with Gasteiger partial charge < -0.3 is 4.57 Å². The van der Waals surface area contributed by atoms with Crippen LogP contribution in [0.15, 0.2) is 278 Å². The van der Waals surface area contributed by atoms with Gasteiger partial charge in [-0.1, -0.05) is 257 Å². The maximum atomic E-state index is 5.96. The minimum Gasteiger partial charge on any atom is -0.308 e. The highest BCUT2D eigenvalue weighted by molar-refractivity contribution is 6.19. The Hall–Kier alpha value is -9.89. The minimum absolute atomic E-state index is 0.0218. The van der Waals surface area contributed by atoms with E-state index in [1.54, 1.807) is 0 Å². The van der Waals surface area contributed by atoms with Crippen molar-refractivity contribution in [1.82, 2.24) is 4.57 Å². The second kappa shape index (κ2) is 19.5. The number of fused-ring (bicyclic) bond motifs is 15. The van der Waals surface area contributed by atoms with E-state index in [0.29, 0.717) is 0 Å². The van der Waals surface area contributed by atoms with Crippen molar-refractivity contribution in [1.29, 1.82) is 0 Å². The normalized spacial score (nSPS) is 14.2. The molecule has 3 aliphatic rings. The average Bonchev–Trinajstić information content (AvgIpc) is 4.13. The molecule has 12 aromatic rings. The monoisotopic (exact) mass is 1030 g/mol. The fourth-order valence-electron chi connectivity index (χ4n) is 13.9. The molecule has 2 nitrogen and oxygen atoms in total. The van der Waals surface area contributed by atoms with Crippen molar-refractivity contribution >= 4 is 38.8 Å². The van der Waals surface area contributed by atoms with Crippen LogP contribution in [0.4, 0.5) is 0 Å². The molecule has 11 aromatic carbocycles. The summed E-state index contributed by atoms with van der Waals surface area (Å²) >= 11 is 0. The van der Waals surface area contributed by atoms with E-state index in [9.17, 15) is 0 Å². The van der Waals surface area contributed by atoms with Crippen LogP contribution in [0.25, 0.3) is 117 Å². The van der Waals surface area contributed by atoms with Gasteiger partial charge >= 0.3 is 0 Å². The van der Waals surface area contributed by atoms with Crippen LogP contribution in [0.2, 0.25) is 0 Å². The van der Waals surface area contributed by atoms with Crippen molar-refractivity contribution in [2.24, 2.45) is 4.99 Å². The Balaban J connectivity index is 0.888. The maximum absolute atomic E-state index is 5.96. The molecule has 2 heteroatoms. The number of benzene rings is 11. The number of aromatic nitrogens is 1. The number of para-hydroxylation sites is 2. The number of nitrogens with zero attached hydrogens (tertiary/aromatic N) is 2. The summed E-state index contributed by atoms with van der Waals surface area (Å²) in [6.07, 6.45) is 2.48. The van der Waals surface area contributed by atoms with E-state index >= 15 is 0 Å². The van der Waals surface area contributed by atoms with E-state index in [-0.39, 0.29) is 5.92 Å². The summed E-state index contributed by atoms with van der Waals surface area (Å²) in [6, 6.07) is 91.4. The lowest BCUT2D eigenvalue weighted by Gasteiger charge is -2.23. The first-order chi connectivity index (χ1) is 39.9. The zero-order chi connectivity index (χ0) is 54.3. The zero-order valence-electron chi connectivity index (χ0n) is 45.7. The van der Waals surface area contributed by atoms with Gasteiger partial charge in [0.05, 0.1) is 22.4 Å². The second-order valence-corrected chi connectivity index (χ2v) is 22.0. The molecule has 1 unspecified atom stereocenters. The number of hydrogen-bond acceptors (Lipinski definition) is 1. The third-order valence-corrected chi connectivity index (χ3v) is 17.7. The second-order valence-electron chi connectivity index (χ2n) is 22.0. The molecule has 1 aromatic heterocycles. The quantitative estimate of drug-likeness (QED) is 0.101. The standard InChI is InChI=1S/C79H58N2/c1-5-73(72-38-20-34-60-51(4)59-33-19-35-61(75(59)76(60)72)57-27-18-26-56(48-57)53-24-10-7-11-25-53)80-77(55-42-40-54(41-43-55)52-22-8-6-9-23-52)50(3)49(2)58-44-46-70-66(63-29-13-12-28-62(58)63)45-47-71-69-37-21-36-68-65-31-15-14-30-64(65)67-32-16-17-39-74(67)81(78(68)69)79(70)71/h6-43,45,47-48,58H,2,4-5,44,46H2,1,3H3/b77-50-,80-73?. The van der Waals surface area contributed by atoms with Crippen LogP contribution in [0.3, 0.4) is 0 Å². The number of rotatable bonds is 9. The highest BCUT2D eigenvalue weighted by Crippen LogP contribution is 2.53. The smallest absolute Gasteiger partial charge is 0.0737 e. The van der Waals surface area contributed by atoms with Crippen LogP contribution in [-0.4, -0.2) is 10.3 Å². The molecule has 2 aliphatic carbocycles. The molecule has 2 heterocycles. The molecule has 0 radical (unpaired) electrons. The summed E-state index contributed by atoms with van der Waals surface area (Å²) in [5, 5.41) is 2.58. The molecule has 81 heavy (non-hydrogen) atoms. The van der Waals surface area contributed by atoms with Crippen LogP contribution < -0.4 is 0 Å². The highest BCUT2D eigenvalue weighted by atomic mass is 15.0. The summed E-state index contributed by atoms with van der Waals surface area (Å²) in [5.41, 5.74) is 33.3. The predicted molar refractivity (Wildman–Crippen MR) is 343 cm³/mol. The Kier molecular flexibility index (Phi) is 11.6. The van der Waals surface area contributed by atoms with Gasteiger partial charge in [-0.3, -0.25) is 4.99 Å². The first-order valence-electron chi connectivity index (χ1n) is 28.6. The highest BCUT2D eigenvalue weighted by Gasteiger charge is 2.33. The lowest BCUT2D eigenvalue weighted by atomic mass is 9.82. The van der Waals surface area contributed by atoms with Crippen LogP contribution >= 0.6 is 0 Å². The fourth-order valence-corrected chi connectivity index (χ4v) is 13.9. The average molecular weight is 1040 g/mol. The molecule has 384 valence electrons. The topological polar surface area (TPSA) is 17.3 Å². The number of hydrogen-bond donors (Lipinski definition) is 0. The molecule has 1 aliphatic heterocycles. The molecule has 15 rings (SSSR count). The number of aryl methyl sites for hydroxylation is 1. The molecule has 0 spiro atoms. The van der Waals surface area contributed by atoms with E-state index in [1.165, 1.54) is 122 Å². The van der Waals surface area contributed by atoms with E-state index in [0.717, 1.165) is 64.1 Å². The zero-order valence-corrected chi connectivity index (χ0v) is 45.7. The molecule has 0 saturated carbocycles. The van der Waals surface area contributed by atoms with Gasteiger partial charge in [0.1, 0.15) is 0 Å². The molecular weight excluding hydrogens is 977 g/mol. The van der Waals surface area contributed by atoms with E-state index < -0.39 is 0 Å². The van der Waals surface area contributed by atoms with Gasteiger partial charge in [0, 0.05) is 44.7 Å². The van der Waals surface area contributed by atoms with Crippen LogP contribution in [0.5, 0.6) is 0 Å². The Morgan fingerprint density at radius 3 is 1.79 bits per heavy atom. The van der Waals surface area contributed by atoms with Gasteiger partial charge in [-0.05, 0) is 144 Å². The van der Waals surface area contributed by atoms with Crippen molar-refractivity contribution in [2.45, 2.75) is 39.0 Å². The summed E-state index contributed by atoms with van der Waals surface area (Å²) in [4.78, 5) is 5.96. The largest absolute Gasteiger partial charge is 0.308 e. The fraction of sp³-hybridized carbons (Fsp3) is 0.0759. The lowest BCUT2D eigenvalue weighted by molar-refractivity contribution is 0.720. The summed E-state index contributed by atoms with van der Waals surface area (Å²) < 4.78 is 2.61. The van der Waals surface area contributed by atoms with Crippen molar-refractivity contribution < 1.29 is 0 Å². The molecule has 0 N–H and O–H groups in total. The summed E-state index contributed by atoms with van der Waals surface area (Å²) in [6.45, 7) is 14.4.